The van der Waals surface area contributed by atoms with Gasteiger partial charge in [0.15, 0.2) is 0 Å². The van der Waals surface area contributed by atoms with E-state index in [-0.39, 0.29) is 28.1 Å². The number of carbonyl (C=O) groups excluding carboxylic acids is 1. The molecule has 0 unspecified atom stereocenters. The Bertz CT molecular complexity index is 700. The highest BCUT2D eigenvalue weighted by Crippen LogP contribution is 2.38. The van der Waals surface area contributed by atoms with Gasteiger partial charge in [-0.3, -0.25) is 9.35 Å². The van der Waals surface area contributed by atoms with Crippen molar-refractivity contribution in [1.82, 2.24) is 0 Å². The molecule has 0 saturated carbocycles. The minimum absolute atomic E-state index is 0.161. The molecule has 2 rings (SSSR count). The largest absolute Gasteiger partial charge is 0.296 e. The lowest BCUT2D eigenvalue weighted by Gasteiger charge is -2.15. The molecule has 0 aliphatic carbocycles. The fourth-order valence-corrected chi connectivity index (χ4v) is 2.95. The van der Waals surface area contributed by atoms with Gasteiger partial charge in [0.05, 0.1) is 22.2 Å². The number of hydrazone groups is 1. The molecular formula is C10H8Cl2N2O4S. The predicted octanol–water partition coefficient (Wildman–Crippen LogP) is 2.35. The molecule has 1 heterocycles. The molecule has 0 atom stereocenters. The molecule has 1 amide bonds. The van der Waals surface area contributed by atoms with Crippen LogP contribution >= 0.6 is 23.2 Å². The predicted molar refractivity (Wildman–Crippen MR) is 71.5 cm³/mol. The fraction of sp³-hybridized carbons (Fsp3) is 0.200. The monoisotopic (exact) mass is 322 g/mol. The number of hydrogen-bond donors (Lipinski definition) is 1. The lowest BCUT2D eigenvalue weighted by Crippen LogP contribution is -2.20. The van der Waals surface area contributed by atoms with Crippen LogP contribution in [0.4, 0.5) is 5.69 Å². The summed E-state index contributed by atoms with van der Waals surface area (Å²) in [5, 5.41) is 4.52. The van der Waals surface area contributed by atoms with Crippen LogP contribution in [-0.2, 0) is 14.9 Å². The molecule has 102 valence electrons. The smallest absolute Gasteiger partial charge is 0.282 e. The van der Waals surface area contributed by atoms with Crippen molar-refractivity contribution in [3.63, 3.8) is 0 Å². The number of amides is 1. The maximum absolute atomic E-state index is 11.7. The molecule has 1 N–H and O–H groups in total. The van der Waals surface area contributed by atoms with Crippen LogP contribution in [0.1, 0.15) is 13.3 Å². The standard InChI is InChI=1S/C10H8Cl2N2O4S/c1-5-4-8(15)14(13-5)6-2-3-7(19(16,17)18)10(12)9(6)11/h2-3H,4H2,1H3,(H,16,17,18). The van der Waals surface area contributed by atoms with Crippen molar-refractivity contribution in [2.45, 2.75) is 18.2 Å². The quantitative estimate of drug-likeness (QED) is 0.846. The first-order chi connectivity index (χ1) is 8.71. The highest BCUT2D eigenvalue weighted by atomic mass is 35.5. The SMILES string of the molecule is CC1=NN(c2ccc(S(=O)(=O)O)c(Cl)c2Cl)C(=O)C1. The van der Waals surface area contributed by atoms with Gasteiger partial charge in [-0.15, -0.1) is 0 Å². The molecule has 0 radical (unpaired) electrons. The minimum atomic E-state index is -4.48. The summed E-state index contributed by atoms with van der Waals surface area (Å²) in [5.41, 5.74) is 0.775. The molecule has 19 heavy (non-hydrogen) atoms. The van der Waals surface area contributed by atoms with Crippen molar-refractivity contribution < 1.29 is 17.8 Å². The third kappa shape index (κ3) is 2.59. The zero-order valence-electron chi connectivity index (χ0n) is 9.59. The van der Waals surface area contributed by atoms with E-state index in [9.17, 15) is 13.2 Å². The normalized spacial score (nSPS) is 15.9. The van der Waals surface area contributed by atoms with Crippen LogP contribution in [0.3, 0.4) is 0 Å². The summed E-state index contributed by atoms with van der Waals surface area (Å²) in [7, 11) is -4.48. The second-order valence-electron chi connectivity index (χ2n) is 3.90. The molecule has 0 saturated heterocycles. The fourth-order valence-electron chi connectivity index (χ4n) is 1.63. The zero-order valence-corrected chi connectivity index (χ0v) is 11.9. The van der Waals surface area contributed by atoms with Crippen LogP contribution in [0.15, 0.2) is 22.1 Å². The van der Waals surface area contributed by atoms with Crippen molar-refractivity contribution in [3.05, 3.63) is 22.2 Å². The van der Waals surface area contributed by atoms with Crippen molar-refractivity contribution in [2.24, 2.45) is 5.10 Å². The average molecular weight is 323 g/mol. The van der Waals surface area contributed by atoms with Gasteiger partial charge in [-0.05, 0) is 19.1 Å². The van der Waals surface area contributed by atoms with E-state index in [0.717, 1.165) is 11.1 Å². The third-order valence-electron chi connectivity index (χ3n) is 2.45. The van der Waals surface area contributed by atoms with E-state index in [1.807, 2.05) is 0 Å². The molecule has 9 heteroatoms. The summed E-state index contributed by atoms with van der Waals surface area (Å²) >= 11 is 11.7. The number of anilines is 1. The first kappa shape index (κ1) is 14.3. The number of hydrogen-bond acceptors (Lipinski definition) is 4. The summed E-state index contributed by atoms with van der Waals surface area (Å²) in [6.07, 6.45) is 0.161. The van der Waals surface area contributed by atoms with E-state index in [1.54, 1.807) is 6.92 Å². The van der Waals surface area contributed by atoms with Gasteiger partial charge in [-0.25, -0.2) is 0 Å². The minimum Gasteiger partial charge on any atom is -0.282 e. The molecular weight excluding hydrogens is 315 g/mol. The molecule has 0 bridgehead atoms. The Morgan fingerprint density at radius 3 is 2.42 bits per heavy atom. The molecule has 1 aliphatic rings. The molecule has 1 aromatic carbocycles. The summed E-state index contributed by atoms with van der Waals surface area (Å²) < 4.78 is 31.1. The number of carbonyl (C=O) groups is 1. The second-order valence-corrected chi connectivity index (χ2v) is 6.05. The Morgan fingerprint density at radius 1 is 1.32 bits per heavy atom. The van der Waals surface area contributed by atoms with Gasteiger partial charge in [-0.2, -0.15) is 18.5 Å². The summed E-state index contributed by atoms with van der Waals surface area (Å²) in [6, 6.07) is 2.33. The number of nitrogens with zero attached hydrogens (tertiary/aromatic N) is 2. The van der Waals surface area contributed by atoms with Gasteiger partial charge in [0, 0.05) is 5.71 Å². The maximum Gasteiger partial charge on any atom is 0.296 e. The van der Waals surface area contributed by atoms with Gasteiger partial charge < -0.3 is 0 Å². The zero-order chi connectivity index (χ0) is 14.4. The molecule has 0 spiro atoms. The van der Waals surface area contributed by atoms with Crippen LogP contribution in [0.2, 0.25) is 10.0 Å². The first-order valence-electron chi connectivity index (χ1n) is 5.04. The highest BCUT2D eigenvalue weighted by molar-refractivity contribution is 7.86. The average Bonchev–Trinajstić information content (AvgIpc) is 2.60. The number of halogens is 2. The summed E-state index contributed by atoms with van der Waals surface area (Å²) in [4.78, 5) is 11.2. The van der Waals surface area contributed by atoms with Gasteiger partial charge in [-0.1, -0.05) is 23.2 Å². The third-order valence-corrected chi connectivity index (χ3v) is 4.33. The number of rotatable bonds is 2. The Hall–Kier alpha value is -1.15. The van der Waals surface area contributed by atoms with Gasteiger partial charge >= 0.3 is 0 Å². The van der Waals surface area contributed by atoms with E-state index in [2.05, 4.69) is 5.10 Å². The van der Waals surface area contributed by atoms with Crippen LogP contribution < -0.4 is 5.01 Å². The summed E-state index contributed by atoms with van der Waals surface area (Å²) in [6.45, 7) is 1.68. The first-order valence-corrected chi connectivity index (χ1v) is 7.24. The number of benzene rings is 1. The van der Waals surface area contributed by atoms with Gasteiger partial charge in [0.2, 0.25) is 0 Å². The van der Waals surface area contributed by atoms with Crippen LogP contribution in [0, 0.1) is 0 Å². The van der Waals surface area contributed by atoms with E-state index in [0.29, 0.717) is 5.71 Å². The Morgan fingerprint density at radius 2 is 1.95 bits per heavy atom. The lowest BCUT2D eigenvalue weighted by molar-refractivity contribution is -0.116. The van der Waals surface area contributed by atoms with Crippen LogP contribution in [0.25, 0.3) is 0 Å². The highest BCUT2D eigenvalue weighted by Gasteiger charge is 2.27. The van der Waals surface area contributed by atoms with Gasteiger partial charge in [0.25, 0.3) is 16.0 Å². The van der Waals surface area contributed by atoms with E-state index >= 15 is 0 Å². The van der Waals surface area contributed by atoms with E-state index in [4.69, 9.17) is 27.8 Å². The lowest BCUT2D eigenvalue weighted by atomic mass is 10.3. The van der Waals surface area contributed by atoms with Crippen molar-refractivity contribution in [2.75, 3.05) is 5.01 Å². The van der Waals surface area contributed by atoms with Crippen molar-refractivity contribution in [1.29, 1.82) is 0 Å². The van der Waals surface area contributed by atoms with Crippen LogP contribution in [0.5, 0.6) is 0 Å². The van der Waals surface area contributed by atoms with Crippen molar-refractivity contribution in [3.8, 4) is 0 Å². The molecule has 0 aromatic heterocycles. The Balaban J connectivity index is 2.57. The van der Waals surface area contributed by atoms with Crippen LogP contribution in [-0.4, -0.2) is 24.6 Å². The maximum atomic E-state index is 11.7. The Labute approximate surface area is 119 Å². The topological polar surface area (TPSA) is 87.0 Å². The summed E-state index contributed by atoms with van der Waals surface area (Å²) in [5.74, 6) is -0.296. The van der Waals surface area contributed by atoms with E-state index in [1.165, 1.54) is 6.07 Å². The van der Waals surface area contributed by atoms with Gasteiger partial charge in [0.1, 0.15) is 4.90 Å². The molecule has 0 fully saturated rings. The molecule has 6 nitrogen and oxygen atoms in total. The molecule has 1 aliphatic heterocycles. The molecule has 1 aromatic rings. The second kappa shape index (κ2) is 4.75. The van der Waals surface area contributed by atoms with E-state index < -0.39 is 15.0 Å². The van der Waals surface area contributed by atoms with Crippen molar-refractivity contribution >= 4 is 50.6 Å². The Kier molecular flexibility index (Phi) is 3.57.